The maximum atomic E-state index is 12.2. The van der Waals surface area contributed by atoms with Crippen molar-refractivity contribution in [3.63, 3.8) is 0 Å². The molecular weight excluding hydrogens is 247 g/mol. The monoisotopic (exact) mass is 258 g/mol. The second kappa shape index (κ2) is 6.90. The van der Waals surface area contributed by atoms with Crippen molar-refractivity contribution < 1.29 is 73.8 Å². The number of rotatable bonds is 4. The predicted octanol–water partition coefficient (Wildman–Crippen LogP) is -0.363. The fourth-order valence-corrected chi connectivity index (χ4v) is 1.25. The first-order valence-electron chi connectivity index (χ1n) is 4.37. The van der Waals surface area contributed by atoms with Gasteiger partial charge >= 0.3 is 58.4 Å². The zero-order valence-electron chi connectivity index (χ0n) is 9.47. The first-order chi connectivity index (χ1) is 6.94. The summed E-state index contributed by atoms with van der Waals surface area (Å²) in [6.07, 6.45) is -0.923. The summed E-state index contributed by atoms with van der Waals surface area (Å²) in [6.45, 7) is -4.83. The molecule has 7 heteroatoms. The summed E-state index contributed by atoms with van der Waals surface area (Å²) in [5.41, 5.74) is 0.152. The van der Waals surface area contributed by atoms with Crippen LogP contribution in [0.25, 0.3) is 0 Å². The van der Waals surface area contributed by atoms with Crippen molar-refractivity contribution in [3.8, 4) is 11.5 Å². The van der Waals surface area contributed by atoms with Gasteiger partial charge in [-0.3, -0.25) is 0 Å². The van der Waals surface area contributed by atoms with Crippen molar-refractivity contribution in [2.75, 3.05) is 14.2 Å². The number of benzene rings is 1. The van der Waals surface area contributed by atoms with Gasteiger partial charge in [-0.15, -0.1) is 0 Å². The van der Waals surface area contributed by atoms with Crippen LogP contribution in [0.4, 0.5) is 12.9 Å². The molecule has 0 amide bonds. The topological polar surface area (TPSA) is 18.5 Å². The van der Waals surface area contributed by atoms with Gasteiger partial charge in [0.2, 0.25) is 0 Å². The molecule has 84 valence electrons. The standard InChI is InChI=1S/C9H11BF3O2.K/c1-14-8-3-7(6-10(11,12)13)4-9(5-8)15-2;/h3-5H,6H2,1-2H3;/q-1;+1. The van der Waals surface area contributed by atoms with Gasteiger partial charge in [0.25, 0.3) is 0 Å². The van der Waals surface area contributed by atoms with Crippen LogP contribution in [0.2, 0.25) is 0 Å². The van der Waals surface area contributed by atoms with Crippen molar-refractivity contribution in [3.05, 3.63) is 23.8 Å². The van der Waals surface area contributed by atoms with E-state index in [1.165, 1.54) is 32.4 Å². The van der Waals surface area contributed by atoms with Gasteiger partial charge in [0, 0.05) is 6.07 Å². The minimum absolute atomic E-state index is 0. The number of hydrogen-bond acceptors (Lipinski definition) is 2. The van der Waals surface area contributed by atoms with Crippen LogP contribution < -0.4 is 60.9 Å². The maximum Gasteiger partial charge on any atom is 1.00 e. The smallest absolute Gasteiger partial charge is 0.497 e. The molecular formula is C9H11BF3KO2. The average Bonchev–Trinajstić information content (AvgIpc) is 2.14. The van der Waals surface area contributed by atoms with Crippen LogP contribution in [-0.4, -0.2) is 21.2 Å². The van der Waals surface area contributed by atoms with Crippen molar-refractivity contribution in [1.29, 1.82) is 0 Å². The molecule has 0 bridgehead atoms. The van der Waals surface area contributed by atoms with Crippen molar-refractivity contribution in [2.24, 2.45) is 0 Å². The predicted molar refractivity (Wildman–Crippen MR) is 52.3 cm³/mol. The minimum atomic E-state index is -4.83. The first kappa shape index (κ1) is 16.3. The Morgan fingerprint density at radius 1 is 1.00 bits per heavy atom. The second-order valence-corrected chi connectivity index (χ2v) is 3.14. The van der Waals surface area contributed by atoms with Crippen LogP contribution >= 0.6 is 0 Å². The summed E-state index contributed by atoms with van der Waals surface area (Å²) >= 11 is 0. The molecule has 16 heavy (non-hydrogen) atoms. The van der Waals surface area contributed by atoms with Crippen molar-refractivity contribution in [2.45, 2.75) is 6.32 Å². The van der Waals surface area contributed by atoms with Gasteiger partial charge in [0.05, 0.1) is 14.2 Å². The zero-order valence-corrected chi connectivity index (χ0v) is 12.6. The molecule has 0 atom stereocenters. The van der Waals surface area contributed by atoms with E-state index in [2.05, 4.69) is 0 Å². The molecule has 1 rings (SSSR count). The second-order valence-electron chi connectivity index (χ2n) is 3.14. The molecule has 0 fully saturated rings. The molecule has 0 heterocycles. The van der Waals surface area contributed by atoms with Crippen LogP contribution in [0.15, 0.2) is 18.2 Å². The third kappa shape index (κ3) is 5.58. The third-order valence-electron chi connectivity index (χ3n) is 1.88. The van der Waals surface area contributed by atoms with Gasteiger partial charge in [-0.25, -0.2) is 0 Å². The molecule has 2 nitrogen and oxygen atoms in total. The summed E-state index contributed by atoms with van der Waals surface area (Å²) in [5.74, 6) is 0.730. The Balaban J connectivity index is 0.00000225. The summed E-state index contributed by atoms with van der Waals surface area (Å²) in [4.78, 5) is 0. The Morgan fingerprint density at radius 3 is 1.75 bits per heavy atom. The molecule has 0 aliphatic rings. The normalized spacial score (nSPS) is 10.6. The summed E-state index contributed by atoms with van der Waals surface area (Å²) < 4.78 is 46.3. The van der Waals surface area contributed by atoms with E-state index in [9.17, 15) is 12.9 Å². The molecule has 0 radical (unpaired) electrons. The fourth-order valence-electron chi connectivity index (χ4n) is 1.25. The number of hydrogen-bond donors (Lipinski definition) is 0. The largest absolute Gasteiger partial charge is 1.00 e. The van der Waals surface area contributed by atoms with E-state index in [1.54, 1.807) is 0 Å². The Bertz CT molecular complexity index is 322. The number of methoxy groups -OCH3 is 2. The molecule has 0 N–H and O–H groups in total. The SMILES string of the molecule is COc1cc(C[B-](F)(F)F)cc(OC)c1.[K+]. The van der Waals surface area contributed by atoms with Gasteiger partial charge in [0.15, 0.2) is 0 Å². The fraction of sp³-hybridized carbons (Fsp3) is 0.333. The van der Waals surface area contributed by atoms with Crippen LogP contribution in [-0.2, 0) is 6.32 Å². The quantitative estimate of drug-likeness (QED) is 0.686. The van der Waals surface area contributed by atoms with Crippen molar-refractivity contribution in [1.82, 2.24) is 0 Å². The van der Waals surface area contributed by atoms with Crippen LogP contribution in [0.5, 0.6) is 11.5 Å². The van der Waals surface area contributed by atoms with Gasteiger partial charge in [0.1, 0.15) is 11.5 Å². The third-order valence-corrected chi connectivity index (χ3v) is 1.88. The maximum absolute atomic E-state index is 12.2. The molecule has 1 aromatic carbocycles. The molecule has 0 aliphatic heterocycles. The zero-order chi connectivity index (χ0) is 11.5. The minimum Gasteiger partial charge on any atom is -0.497 e. The van der Waals surface area contributed by atoms with Gasteiger partial charge in [-0.1, -0.05) is 11.9 Å². The van der Waals surface area contributed by atoms with Gasteiger partial charge in [-0.2, -0.15) is 0 Å². The van der Waals surface area contributed by atoms with Crippen LogP contribution in [0.1, 0.15) is 5.56 Å². The molecule has 0 spiro atoms. The van der Waals surface area contributed by atoms with E-state index in [1.807, 2.05) is 0 Å². The van der Waals surface area contributed by atoms with E-state index in [-0.39, 0.29) is 56.9 Å². The molecule has 0 saturated carbocycles. The summed E-state index contributed by atoms with van der Waals surface area (Å²) in [5, 5.41) is 0. The van der Waals surface area contributed by atoms with Gasteiger partial charge in [-0.05, 0) is 12.1 Å². The van der Waals surface area contributed by atoms with E-state index in [0.717, 1.165) is 0 Å². The molecule has 0 aromatic heterocycles. The average molecular weight is 258 g/mol. The first-order valence-corrected chi connectivity index (χ1v) is 4.37. The van der Waals surface area contributed by atoms with E-state index >= 15 is 0 Å². The summed E-state index contributed by atoms with van der Waals surface area (Å²) in [7, 11) is 2.80. The van der Waals surface area contributed by atoms with E-state index in [0.29, 0.717) is 11.5 Å². The Hall–Kier alpha value is 0.311. The molecule has 0 aliphatic carbocycles. The Labute approximate surface area is 135 Å². The molecule has 0 unspecified atom stereocenters. The molecule has 1 aromatic rings. The number of halogens is 3. The Morgan fingerprint density at radius 2 is 1.44 bits per heavy atom. The number of ether oxygens (including phenoxy) is 2. The molecule has 0 saturated heterocycles. The van der Waals surface area contributed by atoms with Gasteiger partial charge < -0.3 is 22.4 Å². The van der Waals surface area contributed by atoms with Crippen LogP contribution in [0, 0.1) is 0 Å². The van der Waals surface area contributed by atoms with E-state index < -0.39 is 13.3 Å². The van der Waals surface area contributed by atoms with E-state index in [4.69, 9.17) is 9.47 Å². The van der Waals surface area contributed by atoms with Crippen LogP contribution in [0.3, 0.4) is 0 Å². The summed E-state index contributed by atoms with van der Waals surface area (Å²) in [6, 6.07) is 4.25. The van der Waals surface area contributed by atoms with Crippen molar-refractivity contribution >= 4 is 6.98 Å². The Kier molecular flexibility index (Phi) is 7.04.